The second-order valence-corrected chi connectivity index (χ2v) is 9.50. The minimum absolute atomic E-state index is 0. The van der Waals surface area contributed by atoms with Crippen LogP contribution in [0.5, 0.6) is 0 Å². The van der Waals surface area contributed by atoms with Gasteiger partial charge in [0, 0.05) is 8.41 Å². The average molecular weight is 401 g/mol. The second kappa shape index (κ2) is 9.97. The molecule has 2 heteroatoms. The fourth-order valence-corrected chi connectivity index (χ4v) is 5.15. The van der Waals surface area contributed by atoms with Gasteiger partial charge in [-0.3, -0.25) is 0 Å². The smallest absolute Gasteiger partial charge is 0.165 e. The molecular weight excluding hydrogens is 377 g/mol. The molecule has 5 aromatic rings. The Labute approximate surface area is 190 Å². The van der Waals surface area contributed by atoms with Gasteiger partial charge in [0.05, 0.1) is 0 Å². The number of hydrogen-bond acceptors (Lipinski definition) is 0. The van der Waals surface area contributed by atoms with Crippen molar-refractivity contribution < 1.29 is 0 Å². The van der Waals surface area contributed by atoms with Crippen LogP contribution in [0.15, 0.2) is 103 Å². The fraction of sp³-hybridized carbons (Fsp3) is 0.0741. The Bertz CT molecular complexity index is 1160. The van der Waals surface area contributed by atoms with Crippen LogP contribution in [0.2, 0.25) is 6.55 Å². The number of fused-ring (bicyclic) bond motifs is 2. The predicted molar refractivity (Wildman–Crippen MR) is 132 cm³/mol. The van der Waals surface area contributed by atoms with Crippen LogP contribution >= 0.6 is 0 Å². The number of benzene rings is 3. The summed E-state index contributed by atoms with van der Waals surface area (Å²) in [6.07, 6.45) is 0. The van der Waals surface area contributed by atoms with E-state index in [1.165, 1.54) is 37.9 Å². The molecule has 138 valence electrons. The van der Waals surface area contributed by atoms with Gasteiger partial charge in [-0.25, -0.2) is 0 Å². The van der Waals surface area contributed by atoms with E-state index in [2.05, 4.69) is 122 Å². The van der Waals surface area contributed by atoms with Crippen LogP contribution in [0.4, 0.5) is 0 Å². The van der Waals surface area contributed by atoms with Crippen molar-refractivity contribution in [3.63, 3.8) is 0 Å². The summed E-state index contributed by atoms with van der Waals surface area (Å²) in [4.78, 5) is 0. The zero-order valence-electron chi connectivity index (χ0n) is 17.1. The standard InChI is InChI=1S/C17H15Si.C10H9.Mg/c1-18(17-9-3-2-4-10-17)13-14-11-15-7-5-6-8-16(15)12-14;1-8-6-9-4-2-3-5-10(9)7-8;/h2-13H,1H3;2-7H,1H3;/q2*-1;+2. The van der Waals surface area contributed by atoms with Crippen LogP contribution in [-0.2, 0) is 0 Å². The summed E-state index contributed by atoms with van der Waals surface area (Å²) in [7, 11) is -0.592. The Hall–Kier alpha value is -2.27. The Morgan fingerprint density at radius 1 is 0.690 bits per heavy atom. The van der Waals surface area contributed by atoms with Gasteiger partial charge in [-0.05, 0) is 0 Å². The molecule has 0 nitrogen and oxygen atoms in total. The minimum Gasteiger partial charge on any atom is -0.165 e. The Kier molecular flexibility index (Phi) is 7.37. The van der Waals surface area contributed by atoms with Crippen LogP contribution in [-0.4, -0.2) is 37.1 Å². The van der Waals surface area contributed by atoms with Gasteiger partial charge in [-0.1, -0.05) is 73.3 Å². The molecule has 0 spiro atoms. The largest absolute Gasteiger partial charge is 2.00 e. The van der Waals surface area contributed by atoms with E-state index in [9.17, 15) is 0 Å². The molecule has 5 aromatic carbocycles. The molecule has 0 radical (unpaired) electrons. The van der Waals surface area contributed by atoms with Crippen LogP contribution in [0.3, 0.4) is 0 Å². The molecule has 0 aliphatic rings. The third-order valence-corrected chi connectivity index (χ3v) is 7.03. The van der Waals surface area contributed by atoms with E-state index in [-0.39, 0.29) is 23.1 Å². The van der Waals surface area contributed by atoms with Gasteiger partial charge in [-0.15, -0.1) is 80.8 Å². The van der Waals surface area contributed by atoms with Crippen molar-refractivity contribution in [3.05, 3.63) is 114 Å². The maximum Gasteiger partial charge on any atom is 2.00 e. The molecule has 0 fully saturated rings. The predicted octanol–water partition coefficient (Wildman–Crippen LogP) is 5.81. The summed E-state index contributed by atoms with van der Waals surface area (Å²) >= 11 is 0. The van der Waals surface area contributed by atoms with Crippen molar-refractivity contribution in [2.45, 2.75) is 13.5 Å². The molecule has 0 unspecified atom stereocenters. The van der Waals surface area contributed by atoms with Gasteiger partial charge in [0.1, 0.15) is 0 Å². The van der Waals surface area contributed by atoms with Crippen LogP contribution in [0, 0.1) is 6.92 Å². The van der Waals surface area contributed by atoms with Crippen molar-refractivity contribution in [1.29, 1.82) is 0 Å². The molecule has 0 atom stereocenters. The van der Waals surface area contributed by atoms with Crippen LogP contribution < -0.4 is 5.19 Å². The first-order chi connectivity index (χ1) is 13.7. The molecule has 0 aliphatic carbocycles. The van der Waals surface area contributed by atoms with Gasteiger partial charge < -0.3 is 0 Å². The molecule has 29 heavy (non-hydrogen) atoms. The van der Waals surface area contributed by atoms with E-state index in [0.29, 0.717) is 0 Å². The number of aryl methyl sites for hydroxylation is 1. The van der Waals surface area contributed by atoms with Gasteiger partial charge in [0.15, 0.2) is 0 Å². The van der Waals surface area contributed by atoms with E-state index >= 15 is 0 Å². The third-order valence-electron chi connectivity index (χ3n) is 5.02. The summed E-state index contributed by atoms with van der Waals surface area (Å²) < 4.78 is 0. The summed E-state index contributed by atoms with van der Waals surface area (Å²) in [5.74, 6) is 0. The van der Waals surface area contributed by atoms with Crippen molar-refractivity contribution in [2.75, 3.05) is 0 Å². The number of rotatable bonds is 2. The Balaban J connectivity index is 0.000000186. The average Bonchev–Trinajstić information content (AvgIpc) is 3.30. The van der Waals surface area contributed by atoms with Crippen LogP contribution in [0.1, 0.15) is 11.1 Å². The van der Waals surface area contributed by atoms with E-state index in [1.54, 1.807) is 0 Å². The Morgan fingerprint density at radius 3 is 1.86 bits per heavy atom. The molecule has 0 amide bonds. The summed E-state index contributed by atoms with van der Waals surface area (Å²) in [6.45, 7) is 4.47. The van der Waals surface area contributed by atoms with Crippen LogP contribution in [0.25, 0.3) is 21.5 Å². The maximum atomic E-state index is 2.43. The first-order valence-electron chi connectivity index (χ1n) is 9.70. The first kappa shape index (κ1) is 21.4. The third kappa shape index (κ3) is 5.42. The normalized spacial score (nSPS) is 11.0. The van der Waals surface area contributed by atoms with E-state index in [4.69, 9.17) is 0 Å². The van der Waals surface area contributed by atoms with Crippen molar-refractivity contribution >= 4 is 63.9 Å². The van der Waals surface area contributed by atoms with Crippen molar-refractivity contribution in [1.82, 2.24) is 0 Å². The molecular formula is C27H24MgSi. The van der Waals surface area contributed by atoms with Gasteiger partial charge in [-0.2, -0.15) is 6.07 Å². The number of hydrogen-bond donors (Lipinski definition) is 0. The minimum atomic E-state index is -0.592. The van der Waals surface area contributed by atoms with Gasteiger partial charge in [0.2, 0.25) is 0 Å². The molecule has 0 N–H and O–H groups in total. The zero-order chi connectivity index (χ0) is 19.3. The molecule has 0 bridgehead atoms. The summed E-state index contributed by atoms with van der Waals surface area (Å²) in [5.41, 5.74) is 5.14. The Morgan fingerprint density at radius 2 is 1.24 bits per heavy atom. The SMILES string of the molecule is C[Si](=Cc1cc2ccccc2[cH-]1)c1ccccc1.Cc1cc2ccccc2[cH-]1.[Mg+2]. The van der Waals surface area contributed by atoms with Crippen molar-refractivity contribution in [3.8, 4) is 0 Å². The quantitative estimate of drug-likeness (QED) is 0.259. The second-order valence-electron chi connectivity index (χ2n) is 7.27. The first-order valence-corrected chi connectivity index (χ1v) is 11.8. The molecule has 0 heterocycles. The van der Waals surface area contributed by atoms with Crippen molar-refractivity contribution in [2.24, 2.45) is 0 Å². The zero-order valence-corrected chi connectivity index (χ0v) is 19.5. The van der Waals surface area contributed by atoms with E-state index in [1.807, 2.05) is 0 Å². The molecule has 0 saturated heterocycles. The van der Waals surface area contributed by atoms with Gasteiger partial charge in [0.25, 0.3) is 0 Å². The van der Waals surface area contributed by atoms with E-state index < -0.39 is 8.41 Å². The summed E-state index contributed by atoms with van der Waals surface area (Å²) in [6, 6.07) is 36.7. The molecule has 5 rings (SSSR count). The fourth-order valence-electron chi connectivity index (χ4n) is 3.60. The molecule has 0 aromatic heterocycles. The topological polar surface area (TPSA) is 0 Å². The molecule has 0 saturated carbocycles. The molecule has 0 aliphatic heterocycles. The monoisotopic (exact) mass is 400 g/mol. The summed E-state index contributed by atoms with van der Waals surface area (Å²) in [5, 5.41) is 6.84. The maximum absolute atomic E-state index is 2.43. The van der Waals surface area contributed by atoms with E-state index in [0.717, 1.165) is 0 Å². The van der Waals surface area contributed by atoms with Gasteiger partial charge >= 0.3 is 23.1 Å².